The lowest BCUT2D eigenvalue weighted by atomic mass is 9.86. The quantitative estimate of drug-likeness (QED) is 0.823. The second kappa shape index (κ2) is 5.55. The molecular weight excluding hydrogens is 228 g/mol. The Morgan fingerprint density at radius 1 is 1.28 bits per heavy atom. The fourth-order valence-corrected chi connectivity index (χ4v) is 2.66. The summed E-state index contributed by atoms with van der Waals surface area (Å²) in [4.78, 5) is 24.1. The van der Waals surface area contributed by atoms with Crippen LogP contribution in [0.15, 0.2) is 17.2 Å². The highest BCUT2D eigenvalue weighted by Gasteiger charge is 2.21. The zero-order valence-corrected chi connectivity index (χ0v) is 11.3. The van der Waals surface area contributed by atoms with Crippen molar-refractivity contribution in [3.05, 3.63) is 22.9 Å². The molecule has 0 atom stereocenters. The largest absolute Gasteiger partial charge is 0.328 e. The van der Waals surface area contributed by atoms with Gasteiger partial charge in [-0.25, -0.2) is 4.79 Å². The maximum Gasteiger partial charge on any atom is 0.328 e. The highest BCUT2D eigenvalue weighted by Crippen LogP contribution is 2.24. The molecule has 0 bridgehead atoms. The first-order valence-corrected chi connectivity index (χ1v) is 6.89. The van der Waals surface area contributed by atoms with Crippen LogP contribution in [0.2, 0.25) is 0 Å². The highest BCUT2D eigenvalue weighted by molar-refractivity contribution is 5.80. The van der Waals surface area contributed by atoms with Crippen LogP contribution in [0.3, 0.4) is 0 Å². The number of imidazole rings is 1. The van der Waals surface area contributed by atoms with Gasteiger partial charge in [-0.1, -0.05) is 19.3 Å². The molecule has 0 N–H and O–H groups in total. The molecule has 100 valence electrons. The van der Waals surface area contributed by atoms with Crippen LogP contribution in [0.25, 0.3) is 0 Å². The molecule has 1 heterocycles. The van der Waals surface area contributed by atoms with Gasteiger partial charge in [0, 0.05) is 24.4 Å². The van der Waals surface area contributed by atoms with Gasteiger partial charge in [0.05, 0.1) is 6.54 Å². The minimum atomic E-state index is -0.0749. The molecule has 1 aliphatic rings. The van der Waals surface area contributed by atoms with Crippen molar-refractivity contribution in [3.8, 4) is 0 Å². The van der Waals surface area contributed by atoms with Crippen molar-refractivity contribution in [1.29, 1.82) is 0 Å². The van der Waals surface area contributed by atoms with Crippen LogP contribution in [-0.2, 0) is 11.3 Å². The Bertz CT molecular complexity index is 464. The van der Waals surface area contributed by atoms with E-state index in [9.17, 15) is 9.59 Å². The average Bonchev–Trinajstić information content (AvgIpc) is 2.72. The van der Waals surface area contributed by atoms with Gasteiger partial charge in [0.15, 0.2) is 5.78 Å². The van der Waals surface area contributed by atoms with E-state index in [2.05, 4.69) is 0 Å². The summed E-state index contributed by atoms with van der Waals surface area (Å²) >= 11 is 0. The van der Waals surface area contributed by atoms with E-state index in [4.69, 9.17) is 0 Å². The summed E-state index contributed by atoms with van der Waals surface area (Å²) in [5.41, 5.74) is -0.0749. The highest BCUT2D eigenvalue weighted by atomic mass is 16.2. The van der Waals surface area contributed by atoms with Crippen molar-refractivity contribution in [1.82, 2.24) is 9.13 Å². The Balaban J connectivity index is 2.05. The van der Waals surface area contributed by atoms with Gasteiger partial charge in [0.25, 0.3) is 0 Å². The van der Waals surface area contributed by atoms with Gasteiger partial charge in [0.1, 0.15) is 0 Å². The van der Waals surface area contributed by atoms with Gasteiger partial charge >= 0.3 is 5.69 Å². The second-order valence-electron chi connectivity index (χ2n) is 5.51. The number of Topliss-reactive ketones (excluding diaryl/α,β-unsaturated/α-hetero) is 1. The molecule has 1 aromatic heterocycles. The molecule has 4 heteroatoms. The summed E-state index contributed by atoms with van der Waals surface area (Å²) in [6.07, 6.45) is 9.03. The van der Waals surface area contributed by atoms with Crippen LogP contribution >= 0.6 is 0 Å². The van der Waals surface area contributed by atoms with Gasteiger partial charge in [-0.2, -0.15) is 0 Å². The minimum absolute atomic E-state index is 0.0749. The molecule has 2 rings (SSSR count). The molecule has 0 radical (unpaired) electrons. The summed E-state index contributed by atoms with van der Waals surface area (Å²) in [7, 11) is 0. The minimum Gasteiger partial charge on any atom is -0.297 e. The van der Waals surface area contributed by atoms with Crippen LogP contribution in [-0.4, -0.2) is 14.9 Å². The topological polar surface area (TPSA) is 44.0 Å². The summed E-state index contributed by atoms with van der Waals surface area (Å²) < 4.78 is 3.20. The van der Waals surface area contributed by atoms with Gasteiger partial charge < -0.3 is 0 Å². The SMILES string of the molecule is CC(C)n1ccn(CC(=O)C2CCCCC2)c1=O. The number of nitrogens with zero attached hydrogens (tertiary/aromatic N) is 2. The van der Waals surface area contributed by atoms with Crippen molar-refractivity contribution in [2.45, 2.75) is 58.5 Å². The molecule has 1 aliphatic carbocycles. The third-order valence-corrected chi connectivity index (χ3v) is 3.82. The molecule has 0 aliphatic heterocycles. The van der Waals surface area contributed by atoms with E-state index in [-0.39, 0.29) is 30.0 Å². The zero-order valence-electron chi connectivity index (χ0n) is 11.3. The van der Waals surface area contributed by atoms with E-state index in [0.717, 1.165) is 25.7 Å². The van der Waals surface area contributed by atoms with Crippen LogP contribution in [0.5, 0.6) is 0 Å². The van der Waals surface area contributed by atoms with E-state index in [1.54, 1.807) is 17.0 Å². The van der Waals surface area contributed by atoms with Gasteiger partial charge in [-0.3, -0.25) is 13.9 Å². The van der Waals surface area contributed by atoms with Gasteiger partial charge in [-0.15, -0.1) is 0 Å². The van der Waals surface area contributed by atoms with Crippen molar-refractivity contribution in [2.24, 2.45) is 5.92 Å². The lowest BCUT2D eigenvalue weighted by Gasteiger charge is -2.20. The monoisotopic (exact) mass is 250 g/mol. The number of ketones is 1. The Hall–Kier alpha value is -1.32. The Morgan fingerprint density at radius 2 is 1.94 bits per heavy atom. The number of hydrogen-bond donors (Lipinski definition) is 0. The van der Waals surface area contributed by atoms with Crippen molar-refractivity contribution >= 4 is 5.78 Å². The fourth-order valence-electron chi connectivity index (χ4n) is 2.66. The predicted molar refractivity (Wildman–Crippen MR) is 70.7 cm³/mol. The summed E-state index contributed by atoms with van der Waals surface area (Å²) in [6.45, 7) is 4.17. The fraction of sp³-hybridized carbons (Fsp3) is 0.714. The average molecular weight is 250 g/mol. The summed E-state index contributed by atoms with van der Waals surface area (Å²) in [6, 6.07) is 0.142. The van der Waals surface area contributed by atoms with E-state index < -0.39 is 0 Å². The smallest absolute Gasteiger partial charge is 0.297 e. The van der Waals surface area contributed by atoms with Crippen LogP contribution in [0, 0.1) is 5.92 Å². The molecule has 0 spiro atoms. The Kier molecular flexibility index (Phi) is 4.04. The molecule has 1 saturated carbocycles. The number of rotatable bonds is 4. The third kappa shape index (κ3) is 2.74. The van der Waals surface area contributed by atoms with Crippen LogP contribution in [0.1, 0.15) is 52.0 Å². The predicted octanol–water partition coefficient (Wildman–Crippen LogP) is 2.38. The number of hydrogen-bond acceptors (Lipinski definition) is 2. The molecular formula is C14H22N2O2. The number of carbonyl (C=O) groups excluding carboxylic acids is 1. The molecule has 1 fully saturated rings. The lowest BCUT2D eigenvalue weighted by molar-refractivity contribution is -0.124. The first-order chi connectivity index (χ1) is 8.59. The second-order valence-corrected chi connectivity index (χ2v) is 5.51. The number of carbonyl (C=O) groups is 1. The van der Waals surface area contributed by atoms with Gasteiger partial charge in [0.2, 0.25) is 0 Å². The van der Waals surface area contributed by atoms with E-state index in [1.165, 1.54) is 11.0 Å². The summed E-state index contributed by atoms with van der Waals surface area (Å²) in [5, 5.41) is 0. The Labute approximate surface area is 108 Å². The van der Waals surface area contributed by atoms with Crippen LogP contribution < -0.4 is 5.69 Å². The number of aromatic nitrogens is 2. The maximum absolute atomic E-state index is 12.1. The van der Waals surface area contributed by atoms with Gasteiger partial charge in [-0.05, 0) is 26.7 Å². The van der Waals surface area contributed by atoms with Crippen molar-refractivity contribution in [3.63, 3.8) is 0 Å². The van der Waals surface area contributed by atoms with Crippen molar-refractivity contribution < 1.29 is 4.79 Å². The first kappa shape index (κ1) is 13.1. The maximum atomic E-state index is 12.1. The first-order valence-electron chi connectivity index (χ1n) is 6.89. The van der Waals surface area contributed by atoms with E-state index in [0.29, 0.717) is 0 Å². The normalized spacial score (nSPS) is 17.3. The third-order valence-electron chi connectivity index (χ3n) is 3.82. The summed E-state index contributed by atoms with van der Waals surface area (Å²) in [5.74, 6) is 0.395. The molecule has 0 aromatic carbocycles. The molecule has 18 heavy (non-hydrogen) atoms. The molecule has 0 amide bonds. The molecule has 1 aromatic rings. The van der Waals surface area contributed by atoms with E-state index in [1.807, 2.05) is 13.8 Å². The zero-order chi connectivity index (χ0) is 13.1. The standard InChI is InChI=1S/C14H22N2O2/c1-11(2)16-9-8-15(14(16)18)10-13(17)12-6-4-3-5-7-12/h8-9,11-12H,3-7,10H2,1-2H3. The van der Waals surface area contributed by atoms with Crippen molar-refractivity contribution in [2.75, 3.05) is 0 Å². The Morgan fingerprint density at radius 3 is 2.50 bits per heavy atom. The van der Waals surface area contributed by atoms with Crippen LogP contribution in [0.4, 0.5) is 0 Å². The molecule has 4 nitrogen and oxygen atoms in total. The lowest BCUT2D eigenvalue weighted by Crippen LogP contribution is -2.30. The molecule has 0 saturated heterocycles. The molecule has 0 unspecified atom stereocenters. The van der Waals surface area contributed by atoms with E-state index >= 15 is 0 Å².